The summed E-state index contributed by atoms with van der Waals surface area (Å²) in [4.78, 5) is 27.7. The minimum Gasteiger partial charge on any atom is -0.342 e. The van der Waals surface area contributed by atoms with Gasteiger partial charge in [0.15, 0.2) is 0 Å². The molecule has 1 saturated carbocycles. The summed E-state index contributed by atoms with van der Waals surface area (Å²) in [6.45, 7) is 6.01. The Hall–Kier alpha value is -1.10. The average molecular weight is 269 g/mol. The molecule has 2 N–H and O–H groups in total. The van der Waals surface area contributed by atoms with Crippen LogP contribution in [0.4, 0.5) is 0 Å². The van der Waals surface area contributed by atoms with Crippen LogP contribution in [0.3, 0.4) is 0 Å². The first-order valence-corrected chi connectivity index (χ1v) is 7.27. The van der Waals surface area contributed by atoms with Crippen molar-refractivity contribution in [2.45, 2.75) is 33.1 Å². The average Bonchev–Trinajstić information content (AvgIpc) is 2.87. The summed E-state index contributed by atoms with van der Waals surface area (Å²) >= 11 is 0. The fraction of sp³-hybridized carbons (Fsp3) is 0.857. The molecule has 19 heavy (non-hydrogen) atoms. The number of rotatable bonds is 6. The Labute approximate surface area is 116 Å². The Morgan fingerprint density at radius 2 is 1.84 bits per heavy atom. The van der Waals surface area contributed by atoms with E-state index < -0.39 is 0 Å². The summed E-state index contributed by atoms with van der Waals surface area (Å²) < 4.78 is 0. The third kappa shape index (κ3) is 3.93. The number of nitrogens with zero attached hydrogens (tertiary/aromatic N) is 2. The van der Waals surface area contributed by atoms with Crippen molar-refractivity contribution in [2.75, 3.05) is 33.2 Å². The first-order valence-electron chi connectivity index (χ1n) is 7.27. The number of hydrogen-bond donors (Lipinski definition) is 1. The predicted molar refractivity (Wildman–Crippen MR) is 75.5 cm³/mol. The number of carbonyl (C=O) groups excluding carboxylic acids is 2. The van der Waals surface area contributed by atoms with Crippen molar-refractivity contribution in [1.29, 1.82) is 0 Å². The molecule has 1 rings (SSSR count). The summed E-state index contributed by atoms with van der Waals surface area (Å²) in [6.07, 6.45) is 3.01. The predicted octanol–water partition coefficient (Wildman–Crippen LogP) is 0.688. The minimum atomic E-state index is 0.0134. The Morgan fingerprint density at radius 1 is 1.21 bits per heavy atom. The molecule has 0 spiro atoms. The summed E-state index contributed by atoms with van der Waals surface area (Å²) in [5.41, 5.74) is 5.71. The van der Waals surface area contributed by atoms with Crippen molar-refractivity contribution < 1.29 is 9.59 Å². The quantitative estimate of drug-likeness (QED) is 0.771. The van der Waals surface area contributed by atoms with Crippen LogP contribution in [-0.2, 0) is 9.59 Å². The van der Waals surface area contributed by atoms with Crippen molar-refractivity contribution in [1.82, 2.24) is 9.80 Å². The highest BCUT2D eigenvalue weighted by atomic mass is 16.2. The van der Waals surface area contributed by atoms with Gasteiger partial charge in [0.1, 0.15) is 0 Å². The van der Waals surface area contributed by atoms with Crippen LogP contribution in [0.1, 0.15) is 33.1 Å². The van der Waals surface area contributed by atoms with Gasteiger partial charge in [0, 0.05) is 26.1 Å². The highest BCUT2D eigenvalue weighted by molar-refractivity contribution is 5.86. The van der Waals surface area contributed by atoms with E-state index in [4.69, 9.17) is 5.73 Å². The van der Waals surface area contributed by atoms with E-state index in [-0.39, 0.29) is 24.3 Å². The van der Waals surface area contributed by atoms with Crippen LogP contribution in [-0.4, -0.2) is 54.8 Å². The van der Waals surface area contributed by atoms with Crippen molar-refractivity contribution in [3.05, 3.63) is 0 Å². The maximum Gasteiger partial charge on any atom is 0.242 e. The fourth-order valence-electron chi connectivity index (χ4n) is 2.88. The largest absolute Gasteiger partial charge is 0.342 e. The molecule has 0 aromatic carbocycles. The van der Waals surface area contributed by atoms with E-state index >= 15 is 0 Å². The molecule has 2 unspecified atom stereocenters. The zero-order valence-electron chi connectivity index (χ0n) is 12.4. The number of amides is 2. The van der Waals surface area contributed by atoms with Crippen LogP contribution in [0, 0.1) is 11.8 Å². The Morgan fingerprint density at radius 3 is 2.37 bits per heavy atom. The van der Waals surface area contributed by atoms with Gasteiger partial charge < -0.3 is 15.5 Å². The standard InChI is InChI=1S/C14H27N3O2/c1-4-17(5-2)13(18)10-16(3)14(19)12-8-6-7-11(12)9-15/h11-12H,4-10,15H2,1-3H3. The monoisotopic (exact) mass is 269 g/mol. The fourth-order valence-corrected chi connectivity index (χ4v) is 2.88. The van der Waals surface area contributed by atoms with Crippen molar-refractivity contribution in [2.24, 2.45) is 17.6 Å². The summed E-state index contributed by atoms with van der Waals surface area (Å²) in [5.74, 6) is 0.398. The second-order valence-electron chi connectivity index (χ2n) is 5.29. The molecular formula is C14H27N3O2. The molecular weight excluding hydrogens is 242 g/mol. The van der Waals surface area contributed by atoms with E-state index in [0.717, 1.165) is 19.3 Å². The van der Waals surface area contributed by atoms with Gasteiger partial charge in [0.25, 0.3) is 0 Å². The van der Waals surface area contributed by atoms with Crippen LogP contribution in [0.25, 0.3) is 0 Å². The molecule has 1 fully saturated rings. The second-order valence-corrected chi connectivity index (χ2v) is 5.29. The molecule has 2 amide bonds. The molecule has 110 valence electrons. The lowest BCUT2D eigenvalue weighted by molar-refractivity contribution is -0.142. The zero-order valence-corrected chi connectivity index (χ0v) is 12.4. The SMILES string of the molecule is CCN(CC)C(=O)CN(C)C(=O)C1CCCC1CN. The van der Waals surface area contributed by atoms with E-state index in [0.29, 0.717) is 25.6 Å². The van der Waals surface area contributed by atoms with Gasteiger partial charge >= 0.3 is 0 Å². The van der Waals surface area contributed by atoms with Crippen LogP contribution in [0.5, 0.6) is 0 Å². The highest BCUT2D eigenvalue weighted by Gasteiger charge is 2.34. The van der Waals surface area contributed by atoms with E-state index in [2.05, 4.69) is 0 Å². The van der Waals surface area contributed by atoms with Crippen LogP contribution in [0.15, 0.2) is 0 Å². The van der Waals surface area contributed by atoms with Crippen molar-refractivity contribution >= 4 is 11.8 Å². The van der Waals surface area contributed by atoms with E-state index in [1.807, 2.05) is 13.8 Å². The Kier molecular flexibility index (Phi) is 6.28. The van der Waals surface area contributed by atoms with E-state index in [1.54, 1.807) is 16.8 Å². The molecule has 0 heterocycles. The number of hydrogen-bond acceptors (Lipinski definition) is 3. The summed E-state index contributed by atoms with van der Waals surface area (Å²) in [7, 11) is 1.72. The Bertz CT molecular complexity index is 316. The van der Waals surface area contributed by atoms with Gasteiger partial charge in [-0.15, -0.1) is 0 Å². The molecule has 0 bridgehead atoms. The second kappa shape index (κ2) is 7.48. The van der Waals surface area contributed by atoms with Crippen LogP contribution < -0.4 is 5.73 Å². The number of nitrogens with two attached hydrogens (primary N) is 1. The summed E-state index contributed by atoms with van der Waals surface area (Å²) in [5, 5.41) is 0. The lowest BCUT2D eigenvalue weighted by Crippen LogP contribution is -2.44. The molecule has 0 aliphatic heterocycles. The van der Waals surface area contributed by atoms with Crippen molar-refractivity contribution in [3.63, 3.8) is 0 Å². The lowest BCUT2D eigenvalue weighted by Gasteiger charge is -2.26. The van der Waals surface area contributed by atoms with Crippen molar-refractivity contribution in [3.8, 4) is 0 Å². The maximum atomic E-state index is 12.3. The molecule has 5 nitrogen and oxygen atoms in total. The van der Waals surface area contributed by atoms with Gasteiger partial charge in [-0.1, -0.05) is 6.42 Å². The van der Waals surface area contributed by atoms with Crippen LogP contribution >= 0.6 is 0 Å². The molecule has 1 aliphatic carbocycles. The molecule has 5 heteroatoms. The van der Waals surface area contributed by atoms with Gasteiger partial charge in [0.2, 0.25) is 11.8 Å². The normalized spacial score (nSPS) is 22.3. The molecule has 0 radical (unpaired) electrons. The third-order valence-corrected chi connectivity index (χ3v) is 4.14. The first kappa shape index (κ1) is 16.0. The molecule has 0 aromatic rings. The molecule has 0 aromatic heterocycles. The number of carbonyl (C=O) groups is 2. The topological polar surface area (TPSA) is 66.6 Å². The maximum absolute atomic E-state index is 12.3. The zero-order chi connectivity index (χ0) is 14.4. The summed E-state index contributed by atoms with van der Waals surface area (Å²) in [6, 6.07) is 0. The van der Waals surface area contributed by atoms with Gasteiger partial charge in [0.05, 0.1) is 6.54 Å². The molecule has 2 atom stereocenters. The lowest BCUT2D eigenvalue weighted by atomic mass is 9.95. The smallest absolute Gasteiger partial charge is 0.242 e. The van der Waals surface area contributed by atoms with Gasteiger partial charge in [-0.2, -0.15) is 0 Å². The Balaban J connectivity index is 2.55. The van der Waals surface area contributed by atoms with Crippen LogP contribution in [0.2, 0.25) is 0 Å². The number of likely N-dealkylation sites (N-methyl/N-ethyl adjacent to an activating group) is 2. The minimum absolute atomic E-state index is 0.0134. The van der Waals surface area contributed by atoms with E-state index in [1.165, 1.54) is 0 Å². The molecule has 0 saturated heterocycles. The van der Waals surface area contributed by atoms with Gasteiger partial charge in [-0.3, -0.25) is 9.59 Å². The van der Waals surface area contributed by atoms with Gasteiger partial charge in [-0.05, 0) is 39.2 Å². The van der Waals surface area contributed by atoms with Gasteiger partial charge in [-0.25, -0.2) is 0 Å². The van der Waals surface area contributed by atoms with E-state index in [9.17, 15) is 9.59 Å². The third-order valence-electron chi connectivity index (χ3n) is 4.14. The molecule has 1 aliphatic rings. The highest BCUT2D eigenvalue weighted by Crippen LogP contribution is 2.32. The first-order chi connectivity index (χ1) is 9.04.